The zero-order chi connectivity index (χ0) is 18.9. The second kappa shape index (κ2) is 7.05. The summed E-state index contributed by atoms with van der Waals surface area (Å²) in [6, 6.07) is 23.0. The Labute approximate surface area is 167 Å². The van der Waals surface area contributed by atoms with E-state index in [0.29, 0.717) is 0 Å². The molecule has 0 radical (unpaired) electrons. The number of hydrogen-bond donors (Lipinski definition) is 0. The van der Waals surface area contributed by atoms with Crippen LogP contribution in [-0.4, -0.2) is 20.2 Å². The van der Waals surface area contributed by atoms with Crippen molar-refractivity contribution in [1.82, 2.24) is 20.2 Å². The van der Waals surface area contributed by atoms with Gasteiger partial charge in [0.1, 0.15) is 6.04 Å². The van der Waals surface area contributed by atoms with Gasteiger partial charge in [-0.1, -0.05) is 65.8 Å². The Balaban J connectivity index is 1.55. The van der Waals surface area contributed by atoms with Crippen molar-refractivity contribution in [3.8, 4) is 11.1 Å². The Bertz CT molecular complexity index is 1110. The van der Waals surface area contributed by atoms with Crippen LogP contribution in [0.3, 0.4) is 0 Å². The topological polar surface area (TPSA) is 46.8 Å². The van der Waals surface area contributed by atoms with E-state index in [1.54, 1.807) is 11.3 Å². The van der Waals surface area contributed by atoms with Gasteiger partial charge in [0, 0.05) is 10.6 Å². The van der Waals surface area contributed by atoms with Crippen molar-refractivity contribution < 1.29 is 0 Å². The van der Waals surface area contributed by atoms with Crippen molar-refractivity contribution in [3.63, 3.8) is 0 Å². The first kappa shape index (κ1) is 16.9. The zero-order valence-electron chi connectivity index (χ0n) is 15.4. The molecule has 0 bridgehead atoms. The maximum absolute atomic E-state index is 4.34. The normalized spacial score (nSPS) is 16.0. The van der Waals surface area contributed by atoms with Gasteiger partial charge in [0.15, 0.2) is 0 Å². The van der Waals surface area contributed by atoms with E-state index in [-0.39, 0.29) is 6.04 Å². The number of hydrogen-bond acceptors (Lipinski definition) is 5. The molecular formula is C22H19N5S. The molecule has 0 amide bonds. The number of thiophene rings is 1. The highest BCUT2D eigenvalue weighted by molar-refractivity contribution is 7.10. The molecule has 138 valence electrons. The van der Waals surface area contributed by atoms with Crippen molar-refractivity contribution in [1.29, 1.82) is 0 Å². The summed E-state index contributed by atoms with van der Waals surface area (Å²) in [5, 5.41) is 14.8. The molecule has 28 heavy (non-hydrogen) atoms. The molecule has 0 saturated heterocycles. The molecule has 0 saturated carbocycles. The molecule has 2 aromatic carbocycles. The van der Waals surface area contributed by atoms with Gasteiger partial charge in [0.25, 0.3) is 5.95 Å². The lowest BCUT2D eigenvalue weighted by molar-refractivity contribution is 0.565. The van der Waals surface area contributed by atoms with Gasteiger partial charge >= 0.3 is 0 Å². The van der Waals surface area contributed by atoms with E-state index in [4.69, 9.17) is 0 Å². The molecule has 5 rings (SSSR count). The predicted octanol–water partition coefficient (Wildman–Crippen LogP) is 4.92. The maximum Gasteiger partial charge on any atom is 0.250 e. The molecule has 2 aromatic heterocycles. The largest absolute Gasteiger partial charge is 0.309 e. The number of benzene rings is 2. The number of aromatic nitrogens is 4. The number of fused-ring (bicyclic) bond motifs is 1. The quantitative estimate of drug-likeness (QED) is 0.500. The van der Waals surface area contributed by atoms with Gasteiger partial charge in [-0.15, -0.1) is 11.3 Å². The van der Waals surface area contributed by atoms with Crippen molar-refractivity contribution in [2.75, 3.05) is 4.90 Å². The van der Waals surface area contributed by atoms with Crippen LogP contribution in [0.5, 0.6) is 0 Å². The highest BCUT2D eigenvalue weighted by Crippen LogP contribution is 2.40. The number of rotatable bonds is 4. The van der Waals surface area contributed by atoms with E-state index >= 15 is 0 Å². The fourth-order valence-electron chi connectivity index (χ4n) is 3.65. The van der Waals surface area contributed by atoms with Crippen LogP contribution in [0.15, 0.2) is 83.9 Å². The number of nitrogens with zero attached hydrogens (tertiary/aromatic N) is 5. The van der Waals surface area contributed by atoms with Gasteiger partial charge in [-0.2, -0.15) is 4.68 Å². The van der Waals surface area contributed by atoms with Crippen LogP contribution in [-0.2, 0) is 6.54 Å². The molecule has 4 aromatic rings. The van der Waals surface area contributed by atoms with Crippen molar-refractivity contribution in [2.45, 2.75) is 19.5 Å². The second-order valence-corrected chi connectivity index (χ2v) is 7.76. The smallest absolute Gasteiger partial charge is 0.250 e. The Kier molecular flexibility index (Phi) is 4.25. The third-order valence-corrected chi connectivity index (χ3v) is 6.02. The fourth-order valence-corrected chi connectivity index (χ4v) is 4.62. The van der Waals surface area contributed by atoms with Crippen molar-refractivity contribution in [2.24, 2.45) is 0 Å². The highest BCUT2D eigenvalue weighted by Gasteiger charge is 2.30. The minimum absolute atomic E-state index is 0.00719. The lowest BCUT2D eigenvalue weighted by Gasteiger charge is -2.31. The van der Waals surface area contributed by atoms with Crippen LogP contribution in [0.4, 0.5) is 5.95 Å². The van der Waals surface area contributed by atoms with Crippen LogP contribution in [0.2, 0.25) is 0 Å². The molecule has 3 heterocycles. The summed E-state index contributed by atoms with van der Waals surface area (Å²) in [5.41, 5.74) is 4.83. The molecule has 0 N–H and O–H groups in total. The average Bonchev–Trinajstić information content (AvgIpc) is 3.41. The lowest BCUT2D eigenvalue weighted by atomic mass is 10.0. The Morgan fingerprint density at radius 1 is 0.964 bits per heavy atom. The summed E-state index contributed by atoms with van der Waals surface area (Å²) < 4.78 is 1.92. The number of allylic oxidation sites excluding steroid dienone is 2. The monoisotopic (exact) mass is 385 g/mol. The second-order valence-electron chi connectivity index (χ2n) is 6.81. The molecule has 1 unspecified atom stereocenters. The van der Waals surface area contributed by atoms with Crippen molar-refractivity contribution in [3.05, 3.63) is 94.3 Å². The summed E-state index contributed by atoms with van der Waals surface area (Å²) >= 11 is 1.75. The van der Waals surface area contributed by atoms with Crippen LogP contribution in [0, 0.1) is 0 Å². The molecule has 1 atom stereocenters. The Hall–Kier alpha value is -3.25. The third kappa shape index (κ3) is 2.92. The van der Waals surface area contributed by atoms with Gasteiger partial charge in [-0.25, -0.2) is 0 Å². The standard InChI is InChI=1S/C22H19N5S/c1-16-14-20(21-19(12-13-28-21)18-10-6-3-7-11-18)27-22(23-24-25-27)26(16)15-17-8-4-2-5-9-17/h2-14,20H,15H2,1H3. The van der Waals surface area contributed by atoms with E-state index in [1.165, 1.54) is 21.6 Å². The van der Waals surface area contributed by atoms with Gasteiger partial charge in [-0.05, 0) is 51.6 Å². The van der Waals surface area contributed by atoms with Gasteiger partial charge in [0.05, 0.1) is 6.54 Å². The summed E-state index contributed by atoms with van der Waals surface area (Å²) in [6.07, 6.45) is 2.25. The first-order valence-electron chi connectivity index (χ1n) is 9.22. The molecule has 1 aliphatic rings. The summed E-state index contributed by atoms with van der Waals surface area (Å²) in [5.74, 6) is 0.779. The van der Waals surface area contributed by atoms with Gasteiger partial charge < -0.3 is 4.90 Å². The molecule has 0 aliphatic carbocycles. The zero-order valence-corrected chi connectivity index (χ0v) is 16.3. The fraction of sp³-hybridized carbons (Fsp3) is 0.136. The van der Waals surface area contributed by atoms with Crippen LogP contribution in [0.1, 0.15) is 23.4 Å². The molecule has 6 heteroatoms. The molecule has 0 spiro atoms. The van der Waals surface area contributed by atoms with E-state index in [0.717, 1.165) is 18.2 Å². The minimum atomic E-state index is -0.00719. The first-order chi connectivity index (χ1) is 13.8. The molecule has 1 aliphatic heterocycles. The lowest BCUT2D eigenvalue weighted by Crippen LogP contribution is -2.30. The van der Waals surface area contributed by atoms with Gasteiger partial charge in [-0.3, -0.25) is 0 Å². The van der Waals surface area contributed by atoms with E-state index in [9.17, 15) is 0 Å². The minimum Gasteiger partial charge on any atom is -0.309 e. The molecule has 5 nitrogen and oxygen atoms in total. The SMILES string of the molecule is CC1=CC(c2sccc2-c2ccccc2)n2nnnc2N1Cc1ccccc1. The number of anilines is 1. The number of tetrazole rings is 1. The summed E-state index contributed by atoms with van der Waals surface area (Å²) in [7, 11) is 0. The van der Waals surface area contributed by atoms with Crippen molar-refractivity contribution >= 4 is 17.3 Å². The molecule has 0 fully saturated rings. The Morgan fingerprint density at radius 2 is 1.71 bits per heavy atom. The van der Waals surface area contributed by atoms with E-state index < -0.39 is 0 Å². The average molecular weight is 385 g/mol. The first-order valence-corrected chi connectivity index (χ1v) is 10.1. The predicted molar refractivity (Wildman–Crippen MR) is 112 cm³/mol. The Morgan fingerprint density at radius 3 is 2.50 bits per heavy atom. The summed E-state index contributed by atoms with van der Waals surface area (Å²) in [6.45, 7) is 2.87. The van der Waals surface area contributed by atoms with Gasteiger partial charge in [0.2, 0.25) is 0 Å². The highest BCUT2D eigenvalue weighted by atomic mass is 32.1. The van der Waals surface area contributed by atoms with E-state index in [1.807, 2.05) is 16.8 Å². The van der Waals surface area contributed by atoms with Crippen LogP contribution in [0.25, 0.3) is 11.1 Å². The van der Waals surface area contributed by atoms with Crippen LogP contribution < -0.4 is 4.90 Å². The summed E-state index contributed by atoms with van der Waals surface area (Å²) in [4.78, 5) is 3.42. The van der Waals surface area contributed by atoms with E-state index in [2.05, 4.69) is 93.4 Å². The molecular weight excluding hydrogens is 366 g/mol. The maximum atomic E-state index is 4.34. The van der Waals surface area contributed by atoms with Crippen LogP contribution >= 0.6 is 11.3 Å². The third-order valence-electron chi connectivity index (χ3n) is 5.04.